The lowest BCUT2D eigenvalue weighted by molar-refractivity contribution is 0.0998. The van der Waals surface area contributed by atoms with Crippen molar-refractivity contribution in [2.45, 2.75) is 0 Å². The number of fused-ring (bicyclic) bond motifs is 1. The first-order chi connectivity index (χ1) is 16.6. The Morgan fingerprint density at radius 3 is 2.47 bits per heavy atom. The monoisotopic (exact) mass is 448 g/mol. The summed E-state index contributed by atoms with van der Waals surface area (Å²) in [6.07, 6.45) is 3.37. The van der Waals surface area contributed by atoms with Gasteiger partial charge in [-0.2, -0.15) is 4.98 Å². The van der Waals surface area contributed by atoms with E-state index in [2.05, 4.69) is 9.97 Å². The number of carbonyl (C=O) groups excluding carboxylic acids is 1. The van der Waals surface area contributed by atoms with Crippen molar-refractivity contribution in [2.75, 3.05) is 7.11 Å². The maximum absolute atomic E-state index is 12.0. The van der Waals surface area contributed by atoms with Crippen molar-refractivity contribution in [3.63, 3.8) is 0 Å². The molecule has 7 nitrogen and oxygen atoms in total. The first-order valence-corrected chi connectivity index (χ1v) is 10.6. The molecule has 0 fully saturated rings. The van der Waals surface area contributed by atoms with Crippen molar-refractivity contribution in [3.05, 3.63) is 96.8 Å². The summed E-state index contributed by atoms with van der Waals surface area (Å²) in [6, 6.07) is 24.1. The number of carbonyl (C=O) groups is 1. The third kappa shape index (κ3) is 4.14. The number of primary amides is 1. The molecule has 3 aromatic carbocycles. The number of nitrogens with zero attached hydrogens (tertiary/aromatic N) is 3. The number of pyridine rings is 1. The van der Waals surface area contributed by atoms with E-state index in [1.165, 1.54) is 0 Å². The molecule has 0 saturated carbocycles. The number of hydrogen-bond acceptors (Lipinski definition) is 6. The summed E-state index contributed by atoms with van der Waals surface area (Å²) in [5.41, 5.74) is 9.17. The fourth-order valence-corrected chi connectivity index (χ4v) is 3.65. The minimum absolute atomic E-state index is 0.265. The highest BCUT2D eigenvalue weighted by atomic mass is 16.5. The van der Waals surface area contributed by atoms with E-state index in [1.807, 2.05) is 54.6 Å². The average Bonchev–Trinajstić information content (AvgIpc) is 2.89. The molecule has 5 aromatic rings. The van der Waals surface area contributed by atoms with Crippen molar-refractivity contribution in [1.82, 2.24) is 15.0 Å². The van der Waals surface area contributed by atoms with Crippen LogP contribution in [0.25, 0.3) is 33.4 Å². The van der Waals surface area contributed by atoms with Gasteiger partial charge in [-0.05, 0) is 59.7 Å². The Bertz CT molecular complexity index is 1500. The molecule has 0 aliphatic heterocycles. The van der Waals surface area contributed by atoms with Crippen LogP contribution in [0, 0.1) is 0 Å². The second-order valence-electron chi connectivity index (χ2n) is 7.52. The molecule has 0 saturated heterocycles. The zero-order chi connectivity index (χ0) is 23.5. The standard InChI is InChI=1S/C27H20N4O3/c1-33-20-8-4-6-17(14-20)18-11-12-23-22(15-18)27(31-26(30-23)19-7-5-13-29-16-19)34-24-10-3-2-9-21(24)25(28)32/h2-16H,1H3,(H2,28,32). The second-order valence-corrected chi connectivity index (χ2v) is 7.52. The van der Waals surface area contributed by atoms with E-state index >= 15 is 0 Å². The minimum Gasteiger partial charge on any atom is -0.497 e. The van der Waals surface area contributed by atoms with Crippen LogP contribution < -0.4 is 15.2 Å². The summed E-state index contributed by atoms with van der Waals surface area (Å²) in [5, 5.41) is 0.687. The van der Waals surface area contributed by atoms with Crippen LogP contribution in [0.1, 0.15) is 10.4 Å². The topological polar surface area (TPSA) is 100 Å². The van der Waals surface area contributed by atoms with Gasteiger partial charge in [0.2, 0.25) is 5.88 Å². The predicted molar refractivity (Wildman–Crippen MR) is 130 cm³/mol. The van der Waals surface area contributed by atoms with Gasteiger partial charge in [0.25, 0.3) is 5.91 Å². The Hall–Kier alpha value is -4.78. The first-order valence-electron chi connectivity index (χ1n) is 10.6. The van der Waals surface area contributed by atoms with E-state index < -0.39 is 5.91 Å². The second kappa shape index (κ2) is 8.99. The maximum Gasteiger partial charge on any atom is 0.252 e. The Morgan fingerprint density at radius 2 is 1.68 bits per heavy atom. The lowest BCUT2D eigenvalue weighted by atomic mass is 10.0. The van der Waals surface area contributed by atoms with Crippen LogP contribution >= 0.6 is 0 Å². The number of para-hydroxylation sites is 1. The summed E-state index contributed by atoms with van der Waals surface area (Å²) in [7, 11) is 1.63. The number of rotatable bonds is 6. The quantitative estimate of drug-likeness (QED) is 0.380. The van der Waals surface area contributed by atoms with Gasteiger partial charge in [-0.15, -0.1) is 0 Å². The van der Waals surface area contributed by atoms with Crippen LogP contribution in [0.3, 0.4) is 0 Å². The summed E-state index contributed by atoms with van der Waals surface area (Å²) >= 11 is 0. The van der Waals surface area contributed by atoms with Gasteiger partial charge in [0.05, 0.1) is 23.6 Å². The van der Waals surface area contributed by atoms with Gasteiger partial charge in [-0.25, -0.2) is 4.98 Å². The fourth-order valence-electron chi connectivity index (χ4n) is 3.65. The van der Waals surface area contributed by atoms with E-state index in [-0.39, 0.29) is 5.56 Å². The summed E-state index contributed by atoms with van der Waals surface area (Å²) < 4.78 is 11.6. The lowest BCUT2D eigenvalue weighted by Gasteiger charge is -2.13. The van der Waals surface area contributed by atoms with Crippen LogP contribution in [0.2, 0.25) is 0 Å². The molecule has 0 bridgehead atoms. The Balaban J connectivity index is 1.70. The number of amides is 1. The number of ether oxygens (including phenoxy) is 2. The molecule has 0 aliphatic carbocycles. The molecule has 0 atom stereocenters. The van der Waals surface area contributed by atoms with Crippen LogP contribution in [0.15, 0.2) is 91.3 Å². The van der Waals surface area contributed by atoms with Gasteiger partial charge < -0.3 is 15.2 Å². The van der Waals surface area contributed by atoms with Crippen molar-refractivity contribution < 1.29 is 14.3 Å². The zero-order valence-electron chi connectivity index (χ0n) is 18.3. The van der Waals surface area contributed by atoms with Crippen molar-refractivity contribution >= 4 is 16.8 Å². The highest BCUT2D eigenvalue weighted by Gasteiger charge is 2.16. The summed E-state index contributed by atoms with van der Waals surface area (Å²) in [5.74, 6) is 1.26. The summed E-state index contributed by atoms with van der Waals surface area (Å²) in [6.45, 7) is 0. The van der Waals surface area contributed by atoms with E-state index in [4.69, 9.17) is 20.2 Å². The molecule has 0 radical (unpaired) electrons. The van der Waals surface area contributed by atoms with Gasteiger partial charge >= 0.3 is 0 Å². The molecule has 2 aromatic heterocycles. The van der Waals surface area contributed by atoms with E-state index in [0.717, 1.165) is 22.4 Å². The number of benzene rings is 3. The molecule has 0 aliphatic rings. The first kappa shape index (κ1) is 21.1. The number of methoxy groups -OCH3 is 1. The van der Waals surface area contributed by atoms with Gasteiger partial charge in [0.15, 0.2) is 5.82 Å². The van der Waals surface area contributed by atoms with E-state index in [1.54, 1.807) is 43.8 Å². The van der Waals surface area contributed by atoms with Gasteiger partial charge in [-0.3, -0.25) is 9.78 Å². The van der Waals surface area contributed by atoms with Crippen molar-refractivity contribution in [1.29, 1.82) is 0 Å². The highest BCUT2D eigenvalue weighted by Crippen LogP contribution is 2.34. The van der Waals surface area contributed by atoms with Gasteiger partial charge in [-0.1, -0.05) is 30.3 Å². The van der Waals surface area contributed by atoms with Gasteiger partial charge in [0, 0.05) is 18.0 Å². The van der Waals surface area contributed by atoms with Crippen LogP contribution in [0.5, 0.6) is 17.4 Å². The smallest absolute Gasteiger partial charge is 0.252 e. The van der Waals surface area contributed by atoms with Crippen molar-refractivity contribution in [3.8, 4) is 39.9 Å². The summed E-state index contributed by atoms with van der Waals surface area (Å²) in [4.78, 5) is 25.5. The zero-order valence-corrected chi connectivity index (χ0v) is 18.3. The van der Waals surface area contributed by atoms with E-state index in [9.17, 15) is 4.79 Å². The molecule has 7 heteroatoms. The fraction of sp³-hybridized carbons (Fsp3) is 0.0370. The van der Waals surface area contributed by atoms with Crippen LogP contribution in [0.4, 0.5) is 0 Å². The molecule has 2 N–H and O–H groups in total. The molecule has 5 rings (SSSR count). The average molecular weight is 448 g/mol. The van der Waals surface area contributed by atoms with E-state index in [0.29, 0.717) is 28.4 Å². The SMILES string of the molecule is COc1cccc(-c2ccc3nc(-c4cccnc4)nc(Oc4ccccc4C(N)=O)c3c2)c1. The molecular formula is C27H20N4O3. The third-order valence-electron chi connectivity index (χ3n) is 5.34. The Morgan fingerprint density at radius 1 is 0.853 bits per heavy atom. The molecular weight excluding hydrogens is 428 g/mol. The Labute approximate surface area is 195 Å². The van der Waals surface area contributed by atoms with Crippen LogP contribution in [-0.4, -0.2) is 28.0 Å². The molecule has 166 valence electrons. The number of hydrogen-bond donors (Lipinski definition) is 1. The lowest BCUT2D eigenvalue weighted by Crippen LogP contribution is -2.12. The molecule has 2 heterocycles. The largest absolute Gasteiger partial charge is 0.497 e. The molecule has 1 amide bonds. The van der Waals surface area contributed by atoms with Crippen molar-refractivity contribution in [2.24, 2.45) is 5.73 Å². The maximum atomic E-state index is 12.0. The molecule has 34 heavy (non-hydrogen) atoms. The van der Waals surface area contributed by atoms with Gasteiger partial charge in [0.1, 0.15) is 11.5 Å². The molecule has 0 spiro atoms. The highest BCUT2D eigenvalue weighted by molar-refractivity contribution is 5.96. The predicted octanol–water partition coefficient (Wildman–Crippen LogP) is 5.26. The Kier molecular flexibility index (Phi) is 5.58. The molecule has 0 unspecified atom stereocenters. The van der Waals surface area contributed by atoms with Crippen LogP contribution in [-0.2, 0) is 0 Å². The number of nitrogens with two attached hydrogens (primary N) is 1. The normalized spacial score (nSPS) is 10.7. The third-order valence-corrected chi connectivity index (χ3v) is 5.34. The number of aromatic nitrogens is 3. The minimum atomic E-state index is -0.585.